The van der Waals surface area contributed by atoms with Gasteiger partial charge in [-0.2, -0.15) is 15.0 Å². The second-order valence-corrected chi connectivity index (χ2v) is 40.5. The molecule has 0 amide bonds. The number of aliphatic hydroxyl groups excluding tert-OH is 1. The lowest BCUT2D eigenvalue weighted by Crippen LogP contribution is -2.51. The second kappa shape index (κ2) is 36.2. The van der Waals surface area contributed by atoms with Gasteiger partial charge in [0.1, 0.15) is 102 Å². The quantitative estimate of drug-likeness (QED) is 0.0147. The third kappa shape index (κ3) is 18.0. The normalized spacial score (nSPS) is 32.5. The maximum Gasteiger partial charge on any atom is 0.351 e. The molecule has 0 aliphatic carbocycles. The van der Waals surface area contributed by atoms with Crippen molar-refractivity contribution in [2.75, 3.05) is 110 Å². The van der Waals surface area contributed by atoms with Crippen LogP contribution >= 0.6 is 26.9 Å². The smallest absolute Gasteiger partial charge is 0.351 e. The van der Waals surface area contributed by atoms with E-state index in [1.807, 2.05) is 0 Å². The zero-order valence-corrected chi connectivity index (χ0v) is 73.0. The van der Waals surface area contributed by atoms with E-state index in [0.29, 0.717) is 5.56 Å². The van der Waals surface area contributed by atoms with Crippen LogP contribution in [0, 0.1) is 13.8 Å². The van der Waals surface area contributed by atoms with Crippen molar-refractivity contribution in [3.05, 3.63) is 101 Å². The number of hydrogen-bond acceptors (Lipinski definition) is 43. The average molecular weight is 1890 g/mol. The Morgan fingerprint density at radius 1 is 0.480 bits per heavy atom. The first-order valence-corrected chi connectivity index (χ1v) is 48.1. The van der Waals surface area contributed by atoms with Gasteiger partial charge in [-0.05, 0) is 81.3 Å². The Hall–Kier alpha value is -6.43. The van der Waals surface area contributed by atoms with Crippen LogP contribution in [0.2, 0.25) is 0 Å². The molecule has 4 bridgehead atoms. The number of hydrogen-bond donors (Lipinski definition) is 12. The highest BCUT2D eigenvalue weighted by atomic mass is 32.5. The zero-order valence-electron chi connectivity index (χ0n) is 66.2. The number of aliphatic hydroxyl groups is 1. The lowest BCUT2D eigenvalue weighted by atomic mass is 9.94. The molecule has 51 nitrogen and oxygen atoms in total. The van der Waals surface area contributed by atoms with Crippen LogP contribution in [0.4, 0.5) is 23.5 Å². The molecular weight excluding hydrogens is 1800 g/mol. The monoisotopic (exact) mass is 1880 g/mol. The fourth-order valence-corrected chi connectivity index (χ4v) is 21.4. The van der Waals surface area contributed by atoms with Gasteiger partial charge < -0.3 is 127 Å². The van der Waals surface area contributed by atoms with E-state index in [1.165, 1.54) is 86.6 Å². The van der Waals surface area contributed by atoms with Crippen LogP contribution in [0.1, 0.15) is 69.5 Å². The van der Waals surface area contributed by atoms with Gasteiger partial charge in [-0.3, -0.25) is 70.3 Å². The fraction of sp³-hybridized carbons (Fsp3) is 0.641. The number of fused-ring (bicyclic) bond motifs is 7. The molecule has 16 N–H and O–H groups in total. The van der Waals surface area contributed by atoms with Crippen molar-refractivity contribution in [2.24, 2.45) is 0 Å². The molecular formula is C64H88N20O31P4S4. The van der Waals surface area contributed by atoms with Crippen LogP contribution in [0.3, 0.4) is 0 Å². The summed E-state index contributed by atoms with van der Waals surface area (Å²) < 4.78 is 138. The fourth-order valence-electron chi connectivity index (χ4n) is 15.7. The summed E-state index contributed by atoms with van der Waals surface area (Å²) in [4.78, 5) is 157. The van der Waals surface area contributed by atoms with Gasteiger partial charge in [0.2, 0.25) is 11.9 Å². The summed E-state index contributed by atoms with van der Waals surface area (Å²) in [5.74, 6) is -0.614. The van der Waals surface area contributed by atoms with E-state index in [1.54, 1.807) is 20.8 Å². The Balaban J connectivity index is 0.718. The average Bonchev–Trinajstić information content (AvgIpc) is 1.55. The van der Waals surface area contributed by atoms with Crippen molar-refractivity contribution in [1.29, 1.82) is 0 Å². The lowest BCUT2D eigenvalue weighted by Gasteiger charge is -2.37. The third-order valence-electron chi connectivity index (χ3n) is 21.7. The van der Waals surface area contributed by atoms with Crippen LogP contribution < -0.4 is 51.0 Å². The molecule has 123 heavy (non-hydrogen) atoms. The van der Waals surface area contributed by atoms with Gasteiger partial charge >= 0.3 is 38.3 Å². The van der Waals surface area contributed by atoms with Gasteiger partial charge in [0.25, 0.3) is 16.7 Å². The highest BCUT2D eigenvalue weighted by Gasteiger charge is 2.71. The van der Waals surface area contributed by atoms with Crippen molar-refractivity contribution < 1.29 is 122 Å². The van der Waals surface area contributed by atoms with Gasteiger partial charge in [-0.1, -0.05) is 6.92 Å². The van der Waals surface area contributed by atoms with E-state index >= 15 is 0 Å². The first-order valence-electron chi connectivity index (χ1n) is 37.7. The van der Waals surface area contributed by atoms with Gasteiger partial charge in [-0.15, -0.1) is 0 Å². The standard InChI is InChI=1S/C64H88N20O31P4S4/c1-9-30-37(40(99-14-11-96-7)55(107-30)83-24-72-34-49(83)75-59(67)77-52(34)87)112-118(93,122)103-21-64-29(5)106-43(58(111-64)82-23-71-33-47(66)69-22-70-48(33)82)45(64)115-117(92,121)102-19-32-38(41(100-15-12-97-8)56(109-32)84-25-73-35-50(84)76-60(68)78-53(35)88)113-119(94,123)104-20-63-28(4)105-42(57(110-63)81-17-27(3)51(86)79-62(81)90)44(63)114-116(91,120)101-18-31-36(85)39(98-13-10-95-6)54(108-31)80-16-26(2)46(65)74-61(80)89/h16-17,22-25,28-32,36-45,54-58,85H,9-15,18-21H2,1-8H3,(H,91,120)(H,92,121)(H,93,122)(H,94,123)(H2,65,74,89)(H2,66,69,70)(H,79,86,90)(H3,67,75,77,87)(H3,68,76,78,88)/t28-,29-,30+,31+,32+,36-,37-,38-,39?,40?,41?,42?,43?,44+,45+,54+,55+,56+,57+,58+,63-,64-,116?,117?,118?,119?/m0/s1. The van der Waals surface area contributed by atoms with Crippen LogP contribution in [-0.2, 0) is 145 Å². The largest absolute Gasteiger partial charge is 0.387 e. The molecule has 0 spiro atoms. The van der Waals surface area contributed by atoms with E-state index in [4.69, 9.17) is 168 Å². The predicted molar refractivity (Wildman–Crippen MR) is 435 cm³/mol. The number of nitrogens with two attached hydrogens (primary N) is 4. The number of aromatic nitrogens is 16. The van der Waals surface area contributed by atoms with Gasteiger partial charge in [-0.25, -0.2) is 34.5 Å². The van der Waals surface area contributed by atoms with Crippen molar-refractivity contribution in [3.63, 3.8) is 0 Å². The first-order chi connectivity index (χ1) is 58.4. The number of anilines is 4. The van der Waals surface area contributed by atoms with Crippen molar-refractivity contribution in [2.45, 2.75) is 175 Å². The van der Waals surface area contributed by atoms with E-state index in [0.717, 1.165) is 9.13 Å². The minimum Gasteiger partial charge on any atom is -0.387 e. The molecule has 15 heterocycles. The SMILES string of the molecule is CC[C@H]1O[C@@H](n2cnc3c(=O)[nH]c(N)nc32)C(OCCOC)[C@H]1OP(O)(=S)OC[C@]12O[C@@H](n3cnc4c(N)ncnc43)C(O[C@H]1C)[C@H]2OP(O)(=S)OC[C@H]1O[C@@H](n2cnc3c(=O)[nH]c(N)nc32)C(OCCOC)[C@H]1OP(O)(=S)OC[C@]12O[C@@H](n3cc(C)c(=O)[nH]c3=O)C(O[C@H]1C)[C@H]2OP(O)(=S)OC[C@H]1O[C@@H](n2cc(C)c(N)nc2=O)C(OCCOC)[C@H]1O. The molecule has 7 aliphatic rings. The summed E-state index contributed by atoms with van der Waals surface area (Å²) in [6.07, 6.45) is -19.7. The minimum atomic E-state index is -4.97. The topological polar surface area (TPSA) is 660 Å². The lowest BCUT2D eigenvalue weighted by molar-refractivity contribution is -0.216. The van der Waals surface area contributed by atoms with Crippen molar-refractivity contribution >= 4 is 131 Å². The Bertz CT molecular complexity index is 5780. The van der Waals surface area contributed by atoms with E-state index in [2.05, 4.69) is 54.8 Å². The zero-order chi connectivity index (χ0) is 87.9. The highest BCUT2D eigenvalue weighted by molar-refractivity contribution is 8.08. The second-order valence-electron chi connectivity index (χ2n) is 29.3. The minimum absolute atomic E-state index is 0.000826. The van der Waals surface area contributed by atoms with E-state index < -0.39 is 215 Å². The summed E-state index contributed by atoms with van der Waals surface area (Å²) in [6.45, 7) is -14.8. The van der Waals surface area contributed by atoms with Crippen LogP contribution in [0.5, 0.6) is 0 Å². The number of rotatable bonds is 38. The Labute approximate surface area is 713 Å². The van der Waals surface area contributed by atoms with Gasteiger partial charge in [0.15, 0.2) is 64.9 Å². The Morgan fingerprint density at radius 3 is 1.43 bits per heavy atom. The number of H-pyrrole nitrogens is 3. The van der Waals surface area contributed by atoms with Gasteiger partial charge in [0.05, 0.1) is 103 Å². The van der Waals surface area contributed by atoms with E-state index in [9.17, 15) is 48.7 Å². The van der Waals surface area contributed by atoms with Crippen LogP contribution in [-0.4, -0.2) is 292 Å². The number of nitrogen functional groups attached to an aromatic ring is 4. The summed E-state index contributed by atoms with van der Waals surface area (Å²) in [5.41, 5.74) is 16.6. The molecule has 59 heteroatoms. The maximum atomic E-state index is 13.8. The molecule has 0 saturated carbocycles. The maximum absolute atomic E-state index is 13.8. The van der Waals surface area contributed by atoms with Gasteiger partial charge in [0, 0.05) is 44.8 Å². The van der Waals surface area contributed by atoms with Crippen LogP contribution in [0.15, 0.2) is 61.7 Å². The Morgan fingerprint density at radius 2 is 0.919 bits per heavy atom. The summed E-state index contributed by atoms with van der Waals surface area (Å²) >= 11 is 23.3. The van der Waals surface area contributed by atoms with Crippen molar-refractivity contribution in [1.82, 2.24) is 77.7 Å². The molecule has 674 valence electrons. The summed E-state index contributed by atoms with van der Waals surface area (Å²) in [6, 6.07) is 0. The number of nitrogens with one attached hydrogen (secondary N) is 3. The molecule has 7 fully saturated rings. The summed E-state index contributed by atoms with van der Waals surface area (Å²) in [7, 11) is 4.27. The Kier molecular flexibility index (Phi) is 26.9. The molecule has 8 aromatic rings. The number of ether oxygens (including phenoxy) is 13. The highest BCUT2D eigenvalue weighted by Crippen LogP contribution is 2.62. The number of methoxy groups -OCH3 is 3. The number of aromatic amines is 3. The third-order valence-corrected chi connectivity index (χ3v) is 27.8. The molecule has 15 rings (SSSR count). The number of nitrogens with zero attached hydrogens (tertiary/aromatic N) is 13. The molecule has 0 aromatic carbocycles. The number of aryl methyl sites for hydroxylation is 2. The molecule has 7 aliphatic heterocycles. The number of imidazole rings is 3. The molecule has 9 unspecified atom stereocenters. The molecule has 7 saturated heterocycles. The summed E-state index contributed by atoms with van der Waals surface area (Å²) in [5, 5.41) is 11.8. The van der Waals surface area contributed by atoms with E-state index in [-0.39, 0.29) is 109 Å². The predicted octanol–water partition coefficient (Wildman–Crippen LogP) is -2.01. The van der Waals surface area contributed by atoms with Crippen LogP contribution in [0.25, 0.3) is 33.5 Å². The molecule has 8 aromatic heterocycles. The molecule has 26 atom stereocenters. The van der Waals surface area contributed by atoms with Crippen molar-refractivity contribution in [3.8, 4) is 0 Å². The first kappa shape index (κ1) is 91.3. The molecule has 0 radical (unpaired) electrons.